The Balaban J connectivity index is 1.77. The fraction of sp³-hybridized carbons (Fsp3) is 0.556. The van der Waals surface area contributed by atoms with Gasteiger partial charge in [-0.3, -0.25) is 0 Å². The molecule has 2 unspecified atom stereocenters. The molecule has 2 saturated heterocycles. The van der Waals surface area contributed by atoms with Crippen LogP contribution < -0.4 is 0 Å². The molecule has 0 radical (unpaired) electrons. The first-order valence-corrected chi connectivity index (χ1v) is 7.99. The van der Waals surface area contributed by atoms with Crippen molar-refractivity contribution in [2.45, 2.75) is 51.1 Å². The molecule has 6 heteroatoms. The van der Waals surface area contributed by atoms with E-state index in [0.717, 1.165) is 0 Å². The van der Waals surface area contributed by atoms with E-state index in [2.05, 4.69) is 0 Å². The van der Waals surface area contributed by atoms with Crippen molar-refractivity contribution in [2.75, 3.05) is 13.2 Å². The third-order valence-electron chi connectivity index (χ3n) is 4.30. The first-order valence-electron chi connectivity index (χ1n) is 7.99. The van der Waals surface area contributed by atoms with Crippen LogP contribution in [-0.4, -0.2) is 48.6 Å². The minimum atomic E-state index is -0.741. The predicted octanol–water partition coefficient (Wildman–Crippen LogP) is 2.36. The third-order valence-corrected chi connectivity index (χ3v) is 4.30. The van der Waals surface area contributed by atoms with E-state index < -0.39 is 23.1 Å². The van der Waals surface area contributed by atoms with Crippen LogP contribution in [0, 0.1) is 0 Å². The van der Waals surface area contributed by atoms with Crippen molar-refractivity contribution in [1.29, 1.82) is 0 Å². The Morgan fingerprint density at radius 2 is 1.21 bits per heavy atom. The number of benzene rings is 1. The fourth-order valence-electron chi connectivity index (χ4n) is 2.46. The lowest BCUT2D eigenvalue weighted by Gasteiger charge is -2.25. The number of carbonyl (C=O) groups excluding carboxylic acids is 2. The Kier molecular flexibility index (Phi) is 4.13. The number of epoxide rings is 2. The van der Waals surface area contributed by atoms with Gasteiger partial charge in [-0.05, 0) is 39.8 Å². The van der Waals surface area contributed by atoms with Gasteiger partial charge in [-0.2, -0.15) is 0 Å². The molecular weight excluding hydrogens is 312 g/mol. The molecular formula is C18H22O6. The van der Waals surface area contributed by atoms with Gasteiger partial charge in [-0.1, -0.05) is 12.1 Å². The SMILES string of the molecule is CC(C)(OC(=O)c1ccccc1C(=O)OC(C)(C)C1CO1)C1CO1. The molecule has 0 bridgehead atoms. The smallest absolute Gasteiger partial charge is 0.339 e. The summed E-state index contributed by atoms with van der Waals surface area (Å²) < 4.78 is 21.5. The van der Waals surface area contributed by atoms with E-state index in [1.807, 2.05) is 0 Å². The summed E-state index contributed by atoms with van der Waals surface area (Å²) >= 11 is 0. The number of hydrogen-bond donors (Lipinski definition) is 0. The molecule has 2 aliphatic rings. The van der Waals surface area contributed by atoms with E-state index in [0.29, 0.717) is 13.2 Å². The lowest BCUT2D eigenvalue weighted by molar-refractivity contribution is -0.0175. The highest BCUT2D eigenvalue weighted by molar-refractivity contribution is 6.03. The summed E-state index contributed by atoms with van der Waals surface area (Å²) in [5.41, 5.74) is -1.11. The Bertz CT molecular complexity index is 598. The highest BCUT2D eigenvalue weighted by Gasteiger charge is 2.45. The van der Waals surface area contributed by atoms with Crippen molar-refractivity contribution in [1.82, 2.24) is 0 Å². The van der Waals surface area contributed by atoms with Crippen LogP contribution >= 0.6 is 0 Å². The van der Waals surface area contributed by atoms with Crippen molar-refractivity contribution in [2.24, 2.45) is 0 Å². The summed E-state index contributed by atoms with van der Waals surface area (Å²) in [4.78, 5) is 25.0. The molecule has 3 rings (SSSR count). The number of carbonyl (C=O) groups is 2. The van der Waals surface area contributed by atoms with Gasteiger partial charge in [-0.15, -0.1) is 0 Å². The Morgan fingerprint density at radius 1 is 0.875 bits per heavy atom. The molecule has 0 spiro atoms. The summed E-state index contributed by atoms with van der Waals surface area (Å²) in [6, 6.07) is 6.49. The maximum Gasteiger partial charge on any atom is 0.339 e. The van der Waals surface area contributed by atoms with Crippen LogP contribution in [0.2, 0.25) is 0 Å². The van der Waals surface area contributed by atoms with E-state index >= 15 is 0 Å². The number of ether oxygens (including phenoxy) is 4. The fourth-order valence-corrected chi connectivity index (χ4v) is 2.46. The largest absolute Gasteiger partial charge is 0.453 e. The molecule has 1 aromatic rings. The molecule has 0 aromatic heterocycles. The van der Waals surface area contributed by atoms with E-state index in [-0.39, 0.29) is 23.3 Å². The Labute approximate surface area is 141 Å². The average Bonchev–Trinajstić information content (AvgIpc) is 3.38. The Morgan fingerprint density at radius 3 is 1.50 bits per heavy atom. The summed E-state index contributed by atoms with van der Waals surface area (Å²) in [6.07, 6.45) is -0.210. The minimum Gasteiger partial charge on any atom is -0.453 e. The van der Waals surface area contributed by atoms with Gasteiger partial charge in [0.05, 0.1) is 24.3 Å². The van der Waals surface area contributed by atoms with Crippen LogP contribution in [0.25, 0.3) is 0 Å². The van der Waals surface area contributed by atoms with E-state index in [1.165, 1.54) is 0 Å². The van der Waals surface area contributed by atoms with Crippen LogP contribution in [0.1, 0.15) is 48.4 Å². The van der Waals surface area contributed by atoms with Gasteiger partial charge >= 0.3 is 11.9 Å². The van der Waals surface area contributed by atoms with Crippen molar-refractivity contribution in [3.8, 4) is 0 Å². The minimum absolute atomic E-state index is 0.105. The summed E-state index contributed by atoms with van der Waals surface area (Å²) in [5.74, 6) is -1.13. The quantitative estimate of drug-likeness (QED) is 0.587. The van der Waals surface area contributed by atoms with Crippen molar-refractivity contribution < 1.29 is 28.5 Å². The standard InChI is InChI=1S/C18H22O6/c1-17(2,13-9-21-13)23-15(19)11-7-5-6-8-12(11)16(20)24-18(3,4)14-10-22-14/h5-8,13-14H,9-10H2,1-4H3. The monoisotopic (exact) mass is 334 g/mol. The molecule has 0 amide bonds. The van der Waals surface area contributed by atoms with Crippen LogP contribution in [0.15, 0.2) is 24.3 Å². The Hall–Kier alpha value is -1.92. The van der Waals surface area contributed by atoms with Gasteiger partial charge in [0.15, 0.2) is 0 Å². The molecule has 6 nitrogen and oxygen atoms in total. The summed E-state index contributed by atoms with van der Waals surface area (Å²) in [5, 5.41) is 0. The molecule has 0 N–H and O–H groups in total. The maximum atomic E-state index is 12.5. The molecule has 0 aliphatic carbocycles. The number of hydrogen-bond acceptors (Lipinski definition) is 6. The van der Waals surface area contributed by atoms with E-state index in [1.54, 1.807) is 52.0 Å². The van der Waals surface area contributed by atoms with Crippen molar-refractivity contribution in [3.05, 3.63) is 35.4 Å². The first kappa shape index (κ1) is 16.9. The second kappa shape index (κ2) is 5.86. The zero-order chi connectivity index (χ0) is 17.5. The van der Waals surface area contributed by atoms with Gasteiger partial charge in [-0.25, -0.2) is 9.59 Å². The zero-order valence-electron chi connectivity index (χ0n) is 14.3. The predicted molar refractivity (Wildman–Crippen MR) is 84.9 cm³/mol. The van der Waals surface area contributed by atoms with Gasteiger partial charge < -0.3 is 18.9 Å². The lowest BCUT2D eigenvalue weighted by Crippen LogP contribution is -2.36. The second-order valence-electron chi connectivity index (χ2n) is 7.18. The van der Waals surface area contributed by atoms with Crippen LogP contribution in [0.3, 0.4) is 0 Å². The average molecular weight is 334 g/mol. The second-order valence-corrected chi connectivity index (χ2v) is 7.18. The molecule has 2 atom stereocenters. The zero-order valence-corrected chi connectivity index (χ0v) is 14.3. The molecule has 0 saturated carbocycles. The summed E-state index contributed by atoms with van der Waals surface area (Å²) in [7, 11) is 0. The normalized spacial score (nSPS) is 22.7. The van der Waals surface area contributed by atoms with E-state index in [4.69, 9.17) is 18.9 Å². The first-order chi connectivity index (χ1) is 11.2. The highest BCUT2D eigenvalue weighted by Crippen LogP contribution is 2.30. The van der Waals surface area contributed by atoms with Gasteiger partial charge in [0.1, 0.15) is 23.4 Å². The molecule has 2 fully saturated rings. The molecule has 2 heterocycles. The van der Waals surface area contributed by atoms with Crippen LogP contribution in [-0.2, 0) is 18.9 Å². The van der Waals surface area contributed by atoms with E-state index in [9.17, 15) is 9.59 Å². The van der Waals surface area contributed by atoms with Gasteiger partial charge in [0.25, 0.3) is 0 Å². The van der Waals surface area contributed by atoms with Crippen LogP contribution in [0.4, 0.5) is 0 Å². The number of esters is 2. The molecule has 2 aliphatic heterocycles. The molecule has 1 aromatic carbocycles. The topological polar surface area (TPSA) is 77.7 Å². The van der Waals surface area contributed by atoms with Crippen LogP contribution in [0.5, 0.6) is 0 Å². The number of rotatable bonds is 6. The molecule has 130 valence electrons. The maximum absolute atomic E-state index is 12.5. The summed E-state index contributed by atoms with van der Waals surface area (Å²) in [6.45, 7) is 8.29. The molecule has 24 heavy (non-hydrogen) atoms. The van der Waals surface area contributed by atoms with Gasteiger partial charge in [0.2, 0.25) is 0 Å². The van der Waals surface area contributed by atoms with Gasteiger partial charge in [0, 0.05) is 0 Å². The highest BCUT2D eigenvalue weighted by atomic mass is 16.6. The van der Waals surface area contributed by atoms with Crippen molar-refractivity contribution in [3.63, 3.8) is 0 Å². The third kappa shape index (κ3) is 3.60. The van der Waals surface area contributed by atoms with Crippen molar-refractivity contribution >= 4 is 11.9 Å². The lowest BCUT2D eigenvalue weighted by atomic mass is 10.0.